The van der Waals surface area contributed by atoms with Crippen LogP contribution in [0.2, 0.25) is 0 Å². The Labute approximate surface area is 107 Å². The average molecular weight is 261 g/mol. The molecule has 0 radical (unpaired) electrons. The van der Waals surface area contributed by atoms with Crippen LogP contribution in [-0.4, -0.2) is 8.42 Å². The summed E-state index contributed by atoms with van der Waals surface area (Å²) >= 11 is 0. The Morgan fingerprint density at radius 2 is 1.17 bits per heavy atom. The molecule has 0 bridgehead atoms. The largest absolute Gasteiger partial charge is 0.228 e. The lowest BCUT2D eigenvalue weighted by atomic mass is 9.92. The average Bonchev–Trinajstić information content (AvgIpc) is 2.38. The first kappa shape index (κ1) is 12.8. The molecule has 0 spiro atoms. The smallest absolute Gasteiger partial charge is 0.223 e. The lowest BCUT2D eigenvalue weighted by Gasteiger charge is -2.28. The van der Waals surface area contributed by atoms with Crippen LogP contribution in [0.4, 0.5) is 0 Å². The van der Waals surface area contributed by atoms with Gasteiger partial charge in [-0.15, -0.1) is 0 Å². The SMILES string of the molecule is CC(c1ccccc1)(c1ccccc1)S(N)(=O)=O. The molecule has 2 aromatic carbocycles. The van der Waals surface area contributed by atoms with E-state index in [9.17, 15) is 8.42 Å². The fraction of sp³-hybridized carbons (Fsp3) is 0.143. The number of hydrogen-bond donors (Lipinski definition) is 1. The Hall–Kier alpha value is -1.65. The van der Waals surface area contributed by atoms with Crippen LogP contribution in [-0.2, 0) is 14.8 Å². The summed E-state index contributed by atoms with van der Waals surface area (Å²) in [5.74, 6) is 0. The molecule has 0 aliphatic carbocycles. The molecule has 2 aromatic rings. The first-order chi connectivity index (χ1) is 8.46. The van der Waals surface area contributed by atoms with E-state index in [1.165, 1.54) is 0 Å². The van der Waals surface area contributed by atoms with E-state index in [0.29, 0.717) is 11.1 Å². The third-order valence-corrected chi connectivity index (χ3v) is 4.83. The highest BCUT2D eigenvalue weighted by molar-refractivity contribution is 7.90. The van der Waals surface area contributed by atoms with Gasteiger partial charge in [0.05, 0.1) is 0 Å². The number of sulfonamides is 1. The quantitative estimate of drug-likeness (QED) is 0.921. The van der Waals surface area contributed by atoms with E-state index in [1.807, 2.05) is 36.4 Å². The molecule has 0 aliphatic heterocycles. The Kier molecular flexibility index (Phi) is 3.24. The highest BCUT2D eigenvalue weighted by Crippen LogP contribution is 2.35. The molecule has 94 valence electrons. The predicted molar refractivity (Wildman–Crippen MR) is 72.4 cm³/mol. The van der Waals surface area contributed by atoms with Gasteiger partial charge >= 0.3 is 0 Å². The monoisotopic (exact) mass is 261 g/mol. The molecule has 3 nitrogen and oxygen atoms in total. The molecule has 2 rings (SSSR count). The van der Waals surface area contributed by atoms with E-state index in [2.05, 4.69) is 0 Å². The molecular weight excluding hydrogens is 246 g/mol. The Bertz CT molecular complexity index is 582. The number of primary sulfonamides is 1. The molecule has 0 atom stereocenters. The fourth-order valence-electron chi connectivity index (χ4n) is 2.01. The molecule has 0 saturated heterocycles. The van der Waals surface area contributed by atoms with Gasteiger partial charge in [-0.05, 0) is 18.1 Å². The van der Waals surface area contributed by atoms with E-state index in [-0.39, 0.29) is 0 Å². The summed E-state index contributed by atoms with van der Waals surface area (Å²) in [5, 5.41) is 5.45. The van der Waals surface area contributed by atoms with Crippen LogP contribution >= 0.6 is 0 Å². The minimum Gasteiger partial charge on any atom is -0.228 e. The highest BCUT2D eigenvalue weighted by atomic mass is 32.2. The summed E-state index contributed by atoms with van der Waals surface area (Å²) in [6.45, 7) is 1.63. The van der Waals surface area contributed by atoms with Gasteiger partial charge in [-0.2, -0.15) is 0 Å². The van der Waals surface area contributed by atoms with Crippen LogP contribution in [0.5, 0.6) is 0 Å². The van der Waals surface area contributed by atoms with Crippen molar-refractivity contribution in [2.45, 2.75) is 11.7 Å². The van der Waals surface area contributed by atoms with Gasteiger partial charge in [0.1, 0.15) is 4.75 Å². The van der Waals surface area contributed by atoms with Crippen molar-refractivity contribution in [2.24, 2.45) is 5.14 Å². The van der Waals surface area contributed by atoms with Crippen molar-refractivity contribution < 1.29 is 8.42 Å². The zero-order valence-electron chi connectivity index (χ0n) is 10.1. The summed E-state index contributed by atoms with van der Waals surface area (Å²) in [6.07, 6.45) is 0. The van der Waals surface area contributed by atoms with Crippen LogP contribution in [0.3, 0.4) is 0 Å². The molecule has 0 amide bonds. The zero-order valence-corrected chi connectivity index (χ0v) is 10.9. The van der Waals surface area contributed by atoms with Crippen LogP contribution in [0.15, 0.2) is 60.7 Å². The van der Waals surface area contributed by atoms with Gasteiger partial charge in [-0.25, -0.2) is 13.6 Å². The van der Waals surface area contributed by atoms with Crippen molar-refractivity contribution in [3.05, 3.63) is 71.8 Å². The van der Waals surface area contributed by atoms with Crippen LogP contribution in [0.25, 0.3) is 0 Å². The second-order valence-electron chi connectivity index (χ2n) is 4.31. The van der Waals surface area contributed by atoms with Gasteiger partial charge in [0.2, 0.25) is 10.0 Å². The predicted octanol–water partition coefficient (Wildman–Crippen LogP) is 2.24. The van der Waals surface area contributed by atoms with Gasteiger partial charge in [-0.3, -0.25) is 0 Å². The van der Waals surface area contributed by atoms with Crippen molar-refractivity contribution in [2.75, 3.05) is 0 Å². The van der Waals surface area contributed by atoms with E-state index in [0.717, 1.165) is 0 Å². The normalized spacial score (nSPS) is 12.3. The lowest BCUT2D eigenvalue weighted by Crippen LogP contribution is -2.39. The minimum absolute atomic E-state index is 0.665. The van der Waals surface area contributed by atoms with Crippen LogP contribution < -0.4 is 5.14 Å². The van der Waals surface area contributed by atoms with E-state index < -0.39 is 14.8 Å². The van der Waals surface area contributed by atoms with Crippen molar-refractivity contribution in [1.29, 1.82) is 0 Å². The van der Waals surface area contributed by atoms with Crippen molar-refractivity contribution >= 4 is 10.0 Å². The van der Waals surface area contributed by atoms with Crippen LogP contribution in [0.1, 0.15) is 18.1 Å². The molecule has 0 unspecified atom stereocenters. The minimum atomic E-state index is -3.77. The zero-order chi connectivity index (χ0) is 13.2. The number of hydrogen-bond acceptors (Lipinski definition) is 2. The first-order valence-electron chi connectivity index (χ1n) is 5.59. The maximum Gasteiger partial charge on any atom is 0.223 e. The summed E-state index contributed by atoms with van der Waals surface area (Å²) in [7, 11) is -3.77. The maximum absolute atomic E-state index is 12.0. The van der Waals surface area contributed by atoms with Gasteiger partial charge in [0.25, 0.3) is 0 Å². The Balaban J connectivity index is 2.72. The molecule has 0 fully saturated rings. The highest BCUT2D eigenvalue weighted by Gasteiger charge is 2.40. The van der Waals surface area contributed by atoms with E-state index in [4.69, 9.17) is 5.14 Å². The standard InChI is InChI=1S/C14H15NO2S/c1-14(18(15,16)17,12-8-4-2-5-9-12)13-10-6-3-7-11-13/h2-11H,1H3,(H2,15,16,17). The van der Waals surface area contributed by atoms with E-state index in [1.54, 1.807) is 31.2 Å². The molecule has 18 heavy (non-hydrogen) atoms. The maximum atomic E-state index is 12.0. The molecule has 0 aliphatic rings. The third kappa shape index (κ3) is 2.05. The number of nitrogens with two attached hydrogens (primary N) is 1. The van der Waals surface area contributed by atoms with Crippen molar-refractivity contribution in [3.8, 4) is 0 Å². The first-order valence-corrected chi connectivity index (χ1v) is 7.14. The molecule has 2 N–H and O–H groups in total. The van der Waals surface area contributed by atoms with E-state index >= 15 is 0 Å². The van der Waals surface area contributed by atoms with Crippen LogP contribution in [0, 0.1) is 0 Å². The molecular formula is C14H15NO2S. The Morgan fingerprint density at radius 3 is 1.44 bits per heavy atom. The molecule has 0 heterocycles. The van der Waals surface area contributed by atoms with Crippen molar-refractivity contribution in [3.63, 3.8) is 0 Å². The fourth-order valence-corrected chi connectivity index (χ4v) is 2.94. The molecule has 0 saturated carbocycles. The number of benzene rings is 2. The van der Waals surface area contributed by atoms with Gasteiger partial charge in [0.15, 0.2) is 0 Å². The van der Waals surface area contributed by atoms with Gasteiger partial charge in [-0.1, -0.05) is 60.7 Å². The van der Waals surface area contributed by atoms with Crippen molar-refractivity contribution in [1.82, 2.24) is 0 Å². The molecule has 4 heteroatoms. The second kappa shape index (κ2) is 4.55. The third-order valence-electron chi connectivity index (χ3n) is 3.22. The lowest BCUT2D eigenvalue weighted by molar-refractivity contribution is 0.566. The summed E-state index contributed by atoms with van der Waals surface area (Å²) in [6, 6.07) is 18.0. The Morgan fingerprint density at radius 1 is 0.833 bits per heavy atom. The number of rotatable bonds is 3. The molecule has 0 aromatic heterocycles. The topological polar surface area (TPSA) is 60.2 Å². The summed E-state index contributed by atoms with van der Waals surface area (Å²) in [4.78, 5) is 0. The summed E-state index contributed by atoms with van der Waals surface area (Å²) in [5.41, 5.74) is 1.33. The summed E-state index contributed by atoms with van der Waals surface area (Å²) < 4.78 is 22.8. The second-order valence-corrected chi connectivity index (χ2v) is 6.22. The van der Waals surface area contributed by atoms with Gasteiger partial charge < -0.3 is 0 Å². The van der Waals surface area contributed by atoms with Gasteiger partial charge in [0, 0.05) is 0 Å².